The van der Waals surface area contributed by atoms with Crippen LogP contribution in [-0.4, -0.2) is 24.0 Å². The van der Waals surface area contributed by atoms with Crippen LogP contribution in [0.1, 0.15) is 0 Å². The SMILES string of the molecule is O=C(O)C=COS(=O)(=O)O. The molecule has 0 aromatic rings. The molecule has 0 aromatic carbocycles. The van der Waals surface area contributed by atoms with Crippen molar-refractivity contribution in [1.29, 1.82) is 0 Å². The number of carboxylic acids is 1. The van der Waals surface area contributed by atoms with Crippen molar-refractivity contribution >= 4 is 16.4 Å². The Morgan fingerprint density at radius 1 is 1.50 bits per heavy atom. The predicted octanol–water partition coefficient (Wildman–Crippen LogP) is -0.596. The first-order valence-electron chi connectivity index (χ1n) is 1.97. The van der Waals surface area contributed by atoms with Crippen LogP contribution >= 0.6 is 0 Å². The minimum absolute atomic E-state index is 0.345. The third kappa shape index (κ3) is 6.92. The number of carbonyl (C=O) groups is 1. The van der Waals surface area contributed by atoms with E-state index in [-0.39, 0.29) is 0 Å². The van der Waals surface area contributed by atoms with Crippen LogP contribution in [0.2, 0.25) is 0 Å². The molecule has 6 nitrogen and oxygen atoms in total. The maximum Gasteiger partial charge on any atom is 0.445 e. The van der Waals surface area contributed by atoms with Gasteiger partial charge in [-0.25, -0.2) is 4.79 Å². The zero-order valence-electron chi connectivity index (χ0n) is 4.59. The van der Waals surface area contributed by atoms with Crippen molar-refractivity contribution < 1.29 is 27.1 Å². The fraction of sp³-hybridized carbons (Fsp3) is 0. The molecule has 0 saturated carbocycles. The summed E-state index contributed by atoms with van der Waals surface area (Å²) in [5, 5.41) is 7.87. The first-order chi connectivity index (χ1) is 4.42. The van der Waals surface area contributed by atoms with Gasteiger partial charge in [-0.1, -0.05) is 0 Å². The first-order valence-corrected chi connectivity index (χ1v) is 3.33. The Morgan fingerprint density at radius 3 is 2.30 bits per heavy atom. The van der Waals surface area contributed by atoms with Gasteiger partial charge in [-0.15, -0.1) is 0 Å². The van der Waals surface area contributed by atoms with E-state index >= 15 is 0 Å². The number of hydrogen-bond donors (Lipinski definition) is 2. The van der Waals surface area contributed by atoms with Gasteiger partial charge in [0, 0.05) is 0 Å². The van der Waals surface area contributed by atoms with E-state index in [1.165, 1.54) is 0 Å². The molecule has 0 aliphatic heterocycles. The van der Waals surface area contributed by atoms with E-state index in [1.807, 2.05) is 0 Å². The molecular formula is C3H4O6S. The van der Waals surface area contributed by atoms with Gasteiger partial charge in [0.2, 0.25) is 0 Å². The minimum Gasteiger partial charge on any atom is -0.478 e. The van der Waals surface area contributed by atoms with E-state index < -0.39 is 16.4 Å². The summed E-state index contributed by atoms with van der Waals surface area (Å²) in [7, 11) is -4.57. The van der Waals surface area contributed by atoms with Crippen LogP contribution in [0, 0.1) is 0 Å². The molecular weight excluding hydrogens is 164 g/mol. The van der Waals surface area contributed by atoms with Crippen molar-refractivity contribution in [2.45, 2.75) is 0 Å². The molecule has 0 rings (SSSR count). The van der Waals surface area contributed by atoms with Gasteiger partial charge in [-0.2, -0.15) is 8.42 Å². The average Bonchev–Trinajstić information content (AvgIpc) is 1.59. The normalized spacial score (nSPS) is 11.7. The van der Waals surface area contributed by atoms with Crippen LogP contribution in [0.15, 0.2) is 12.3 Å². The molecule has 58 valence electrons. The molecule has 0 aromatic heterocycles. The molecule has 0 unspecified atom stereocenters. The lowest BCUT2D eigenvalue weighted by Crippen LogP contribution is -1.98. The van der Waals surface area contributed by atoms with E-state index in [4.69, 9.17) is 9.66 Å². The summed E-state index contributed by atoms with van der Waals surface area (Å²) in [5.41, 5.74) is 0. The molecule has 2 N–H and O–H groups in total. The van der Waals surface area contributed by atoms with Gasteiger partial charge in [-0.3, -0.25) is 4.55 Å². The molecule has 10 heavy (non-hydrogen) atoms. The molecule has 0 spiro atoms. The molecule has 0 heterocycles. The Hall–Kier alpha value is -1.08. The summed E-state index contributed by atoms with van der Waals surface area (Å²) >= 11 is 0. The van der Waals surface area contributed by atoms with Crippen molar-refractivity contribution in [3.63, 3.8) is 0 Å². The molecule has 0 fully saturated rings. The summed E-state index contributed by atoms with van der Waals surface area (Å²) < 4.78 is 30.7. The van der Waals surface area contributed by atoms with Gasteiger partial charge >= 0.3 is 16.4 Å². The molecule has 0 atom stereocenters. The third-order valence-electron chi connectivity index (χ3n) is 0.388. The summed E-state index contributed by atoms with van der Waals surface area (Å²) in [6.45, 7) is 0. The quantitative estimate of drug-likeness (QED) is 0.331. The van der Waals surface area contributed by atoms with Gasteiger partial charge in [0.25, 0.3) is 0 Å². The second kappa shape index (κ2) is 3.18. The van der Waals surface area contributed by atoms with Crippen molar-refractivity contribution in [1.82, 2.24) is 0 Å². The monoisotopic (exact) mass is 168 g/mol. The van der Waals surface area contributed by atoms with E-state index in [1.54, 1.807) is 0 Å². The molecule has 0 amide bonds. The van der Waals surface area contributed by atoms with Crippen molar-refractivity contribution in [2.24, 2.45) is 0 Å². The second-order valence-electron chi connectivity index (χ2n) is 1.16. The van der Waals surface area contributed by atoms with Gasteiger partial charge < -0.3 is 9.29 Å². The summed E-state index contributed by atoms with van der Waals surface area (Å²) in [5.74, 6) is -1.37. The maximum absolute atomic E-state index is 9.70. The van der Waals surface area contributed by atoms with Crippen LogP contribution in [0.3, 0.4) is 0 Å². The lowest BCUT2D eigenvalue weighted by molar-refractivity contribution is -0.131. The first kappa shape index (κ1) is 8.92. The van der Waals surface area contributed by atoms with E-state index in [0.29, 0.717) is 12.3 Å². The standard InChI is InChI=1S/C3H4O6S/c4-3(5)1-2-9-10(6,7)8/h1-2H,(H,4,5)(H,6,7,8). The highest BCUT2D eigenvalue weighted by Crippen LogP contribution is 1.86. The largest absolute Gasteiger partial charge is 0.478 e. The lowest BCUT2D eigenvalue weighted by Gasteiger charge is -1.89. The zero-order chi connectivity index (χ0) is 8.20. The Morgan fingerprint density at radius 2 is 2.00 bits per heavy atom. The van der Waals surface area contributed by atoms with E-state index in [2.05, 4.69) is 4.18 Å². The smallest absolute Gasteiger partial charge is 0.445 e. The zero-order valence-corrected chi connectivity index (χ0v) is 5.41. The highest BCUT2D eigenvalue weighted by molar-refractivity contribution is 7.81. The highest BCUT2D eigenvalue weighted by Gasteiger charge is 1.99. The van der Waals surface area contributed by atoms with Crippen molar-refractivity contribution in [3.8, 4) is 0 Å². The third-order valence-corrected chi connectivity index (χ3v) is 0.742. The second-order valence-corrected chi connectivity index (χ2v) is 2.21. The summed E-state index contributed by atoms with van der Waals surface area (Å²) in [6.07, 6.45) is 0.769. The topological polar surface area (TPSA) is 101 Å². The summed E-state index contributed by atoms with van der Waals surface area (Å²) in [6, 6.07) is 0. The fourth-order valence-corrected chi connectivity index (χ4v) is 0.352. The van der Waals surface area contributed by atoms with Crippen LogP contribution in [-0.2, 0) is 19.4 Å². The molecule has 0 radical (unpaired) electrons. The van der Waals surface area contributed by atoms with Gasteiger partial charge in [0.05, 0.1) is 6.08 Å². The Labute approximate surface area is 56.7 Å². The molecule has 0 aliphatic rings. The average molecular weight is 168 g/mol. The minimum atomic E-state index is -4.57. The molecule has 0 bridgehead atoms. The number of carboxylic acid groups (broad SMARTS) is 1. The molecule has 0 saturated heterocycles. The lowest BCUT2D eigenvalue weighted by atomic mass is 10.7. The van der Waals surface area contributed by atoms with Crippen LogP contribution in [0.4, 0.5) is 0 Å². The summed E-state index contributed by atoms with van der Waals surface area (Å²) in [4.78, 5) is 9.64. The van der Waals surface area contributed by atoms with Crippen LogP contribution in [0.5, 0.6) is 0 Å². The Bertz CT molecular complexity index is 236. The molecule has 0 aliphatic carbocycles. The predicted molar refractivity (Wildman–Crippen MR) is 29.4 cm³/mol. The van der Waals surface area contributed by atoms with Gasteiger partial charge in [0.1, 0.15) is 6.26 Å². The van der Waals surface area contributed by atoms with Gasteiger partial charge in [0.15, 0.2) is 0 Å². The number of aliphatic carboxylic acids is 1. The van der Waals surface area contributed by atoms with Crippen molar-refractivity contribution in [3.05, 3.63) is 12.3 Å². The van der Waals surface area contributed by atoms with Crippen molar-refractivity contribution in [2.75, 3.05) is 0 Å². The van der Waals surface area contributed by atoms with Gasteiger partial charge in [-0.05, 0) is 0 Å². The fourth-order valence-electron chi connectivity index (χ4n) is 0.156. The maximum atomic E-state index is 9.70. The number of rotatable bonds is 3. The van der Waals surface area contributed by atoms with E-state index in [9.17, 15) is 13.2 Å². The molecule has 7 heteroatoms. The van der Waals surface area contributed by atoms with Crippen LogP contribution < -0.4 is 0 Å². The van der Waals surface area contributed by atoms with Crippen LogP contribution in [0.25, 0.3) is 0 Å². The Balaban J connectivity index is 3.88. The van der Waals surface area contributed by atoms with E-state index in [0.717, 1.165) is 0 Å². The Kier molecular flexibility index (Phi) is 2.84. The number of hydrogen-bond acceptors (Lipinski definition) is 4. The highest BCUT2D eigenvalue weighted by atomic mass is 32.3.